The highest BCUT2D eigenvalue weighted by atomic mass is 32.2. The molecular formula is C12H21N3OS. The molecule has 3 aliphatic rings. The number of hydrogen-bond acceptors (Lipinski definition) is 5. The van der Waals surface area contributed by atoms with Crippen LogP contribution in [0.15, 0.2) is 4.99 Å². The first-order chi connectivity index (χ1) is 8.31. The number of aliphatic imine (C=N–C) groups is 1. The topological polar surface area (TPSA) is 36.9 Å². The summed E-state index contributed by atoms with van der Waals surface area (Å²) in [6, 6.07) is 0. The van der Waals surface area contributed by atoms with E-state index in [0.29, 0.717) is 6.10 Å². The van der Waals surface area contributed by atoms with Gasteiger partial charge in [0.05, 0.1) is 19.3 Å². The first kappa shape index (κ1) is 11.8. The van der Waals surface area contributed by atoms with Crippen molar-refractivity contribution in [3.8, 4) is 0 Å². The maximum absolute atomic E-state index is 5.73. The zero-order chi connectivity index (χ0) is 11.7. The lowest BCUT2D eigenvalue weighted by Gasteiger charge is -2.30. The number of nitrogens with one attached hydrogen (secondary N) is 1. The molecule has 1 aliphatic carbocycles. The minimum absolute atomic E-state index is 0.317. The molecule has 2 atom stereocenters. The Morgan fingerprint density at radius 2 is 2.41 bits per heavy atom. The van der Waals surface area contributed by atoms with E-state index in [0.717, 1.165) is 49.1 Å². The van der Waals surface area contributed by atoms with Gasteiger partial charge in [0.15, 0.2) is 5.17 Å². The molecule has 1 saturated carbocycles. The van der Waals surface area contributed by atoms with Crippen LogP contribution < -0.4 is 5.32 Å². The lowest BCUT2D eigenvalue weighted by atomic mass is 10.3. The summed E-state index contributed by atoms with van der Waals surface area (Å²) in [5.74, 6) is 0.945. The van der Waals surface area contributed by atoms with E-state index in [1.165, 1.54) is 12.8 Å². The van der Waals surface area contributed by atoms with Crippen LogP contribution in [-0.4, -0.2) is 61.3 Å². The van der Waals surface area contributed by atoms with Crippen LogP contribution >= 0.6 is 11.8 Å². The number of ether oxygens (including phenoxy) is 1. The second-order valence-electron chi connectivity index (χ2n) is 5.28. The second kappa shape index (κ2) is 5.16. The standard InChI is InChI=1S/C12H21N3OS/c1-15-4-5-16-10(8-15)6-13-12-14-7-11(17-12)9-2-3-9/h9-11H,2-8H2,1H3,(H,13,14). The van der Waals surface area contributed by atoms with Gasteiger partial charge in [0, 0.05) is 24.9 Å². The van der Waals surface area contributed by atoms with Gasteiger partial charge in [-0.3, -0.25) is 4.99 Å². The van der Waals surface area contributed by atoms with Crippen molar-refractivity contribution >= 4 is 16.9 Å². The Labute approximate surface area is 107 Å². The average molecular weight is 255 g/mol. The van der Waals surface area contributed by atoms with E-state index in [2.05, 4.69) is 22.3 Å². The molecule has 3 rings (SSSR count). The van der Waals surface area contributed by atoms with Crippen molar-refractivity contribution in [1.82, 2.24) is 10.2 Å². The predicted octanol–water partition coefficient (Wildman–Crippen LogP) is 0.788. The maximum atomic E-state index is 5.73. The van der Waals surface area contributed by atoms with Crippen molar-refractivity contribution < 1.29 is 4.74 Å². The van der Waals surface area contributed by atoms with Gasteiger partial charge in [0.1, 0.15) is 0 Å². The summed E-state index contributed by atoms with van der Waals surface area (Å²) < 4.78 is 5.73. The number of morpholine rings is 1. The van der Waals surface area contributed by atoms with Gasteiger partial charge < -0.3 is 15.0 Å². The smallest absolute Gasteiger partial charge is 0.157 e. The summed E-state index contributed by atoms with van der Waals surface area (Å²) in [5.41, 5.74) is 0. The fourth-order valence-corrected chi connectivity index (χ4v) is 3.61. The third-order valence-electron chi connectivity index (χ3n) is 3.65. The quantitative estimate of drug-likeness (QED) is 0.809. The lowest BCUT2D eigenvalue weighted by Crippen LogP contribution is -2.45. The van der Waals surface area contributed by atoms with Crippen LogP contribution in [0.2, 0.25) is 0 Å². The Kier molecular flexibility index (Phi) is 3.59. The molecule has 0 spiro atoms. The molecule has 2 fully saturated rings. The van der Waals surface area contributed by atoms with Gasteiger partial charge in [0.25, 0.3) is 0 Å². The first-order valence-electron chi connectivity index (χ1n) is 6.56. The monoisotopic (exact) mass is 255 g/mol. The third-order valence-corrected chi connectivity index (χ3v) is 4.98. The molecule has 0 bridgehead atoms. The van der Waals surface area contributed by atoms with Crippen LogP contribution in [-0.2, 0) is 4.74 Å². The van der Waals surface area contributed by atoms with E-state index in [4.69, 9.17) is 4.74 Å². The molecule has 0 aromatic rings. The van der Waals surface area contributed by atoms with Crippen molar-refractivity contribution in [2.75, 3.05) is 39.8 Å². The van der Waals surface area contributed by atoms with E-state index >= 15 is 0 Å². The Morgan fingerprint density at radius 3 is 3.18 bits per heavy atom. The van der Waals surface area contributed by atoms with Gasteiger partial charge >= 0.3 is 0 Å². The van der Waals surface area contributed by atoms with Gasteiger partial charge in [-0.15, -0.1) is 0 Å². The van der Waals surface area contributed by atoms with Gasteiger partial charge in [0.2, 0.25) is 0 Å². The summed E-state index contributed by atoms with van der Waals surface area (Å²) >= 11 is 1.94. The zero-order valence-corrected chi connectivity index (χ0v) is 11.2. The summed E-state index contributed by atoms with van der Waals surface area (Å²) in [5, 5.41) is 5.34. The van der Waals surface area contributed by atoms with Crippen molar-refractivity contribution in [1.29, 1.82) is 0 Å². The lowest BCUT2D eigenvalue weighted by molar-refractivity contribution is -0.0159. The summed E-state index contributed by atoms with van der Waals surface area (Å²) in [4.78, 5) is 6.91. The highest BCUT2D eigenvalue weighted by Gasteiger charge is 2.35. The number of nitrogens with zero attached hydrogens (tertiary/aromatic N) is 2. The van der Waals surface area contributed by atoms with Crippen LogP contribution in [0.25, 0.3) is 0 Å². The molecule has 1 saturated heterocycles. The molecule has 0 amide bonds. The number of likely N-dealkylation sites (N-methyl/N-ethyl adjacent to an activating group) is 1. The molecule has 0 radical (unpaired) electrons. The molecular weight excluding hydrogens is 234 g/mol. The van der Waals surface area contributed by atoms with Gasteiger partial charge in [-0.2, -0.15) is 0 Å². The molecule has 4 nitrogen and oxygen atoms in total. The molecule has 0 aromatic carbocycles. The van der Waals surface area contributed by atoms with Crippen LogP contribution in [0.1, 0.15) is 12.8 Å². The van der Waals surface area contributed by atoms with Crippen molar-refractivity contribution in [2.45, 2.75) is 24.2 Å². The molecule has 17 heavy (non-hydrogen) atoms. The molecule has 1 N–H and O–H groups in total. The molecule has 0 aromatic heterocycles. The molecule has 96 valence electrons. The van der Waals surface area contributed by atoms with Crippen LogP contribution in [0.4, 0.5) is 0 Å². The van der Waals surface area contributed by atoms with Gasteiger partial charge in [-0.1, -0.05) is 11.8 Å². The first-order valence-corrected chi connectivity index (χ1v) is 7.44. The molecule has 5 heteroatoms. The highest BCUT2D eigenvalue weighted by Crippen LogP contribution is 2.41. The van der Waals surface area contributed by atoms with Crippen LogP contribution in [0.3, 0.4) is 0 Å². The van der Waals surface area contributed by atoms with Gasteiger partial charge in [-0.25, -0.2) is 0 Å². The van der Waals surface area contributed by atoms with Crippen molar-refractivity contribution in [2.24, 2.45) is 10.9 Å². The zero-order valence-electron chi connectivity index (χ0n) is 10.4. The highest BCUT2D eigenvalue weighted by molar-refractivity contribution is 8.14. The summed E-state index contributed by atoms with van der Waals surface area (Å²) in [6.45, 7) is 4.84. The Bertz CT molecular complexity index is 306. The van der Waals surface area contributed by atoms with E-state index in [9.17, 15) is 0 Å². The fourth-order valence-electron chi connectivity index (χ4n) is 2.39. The molecule has 2 unspecified atom stereocenters. The Morgan fingerprint density at radius 1 is 1.53 bits per heavy atom. The molecule has 2 aliphatic heterocycles. The number of thioether (sulfide) groups is 1. The van der Waals surface area contributed by atoms with Crippen molar-refractivity contribution in [3.05, 3.63) is 0 Å². The van der Waals surface area contributed by atoms with Crippen LogP contribution in [0, 0.1) is 5.92 Å². The van der Waals surface area contributed by atoms with Crippen molar-refractivity contribution in [3.63, 3.8) is 0 Å². The number of rotatable bonds is 3. The van der Waals surface area contributed by atoms with Gasteiger partial charge in [-0.05, 0) is 25.8 Å². The largest absolute Gasteiger partial charge is 0.374 e. The summed E-state index contributed by atoms with van der Waals surface area (Å²) in [7, 11) is 2.15. The predicted molar refractivity (Wildman–Crippen MR) is 71.6 cm³/mol. The average Bonchev–Trinajstić information content (AvgIpc) is 3.07. The maximum Gasteiger partial charge on any atom is 0.157 e. The minimum atomic E-state index is 0.317. The third kappa shape index (κ3) is 3.14. The fraction of sp³-hybridized carbons (Fsp3) is 0.917. The van der Waals surface area contributed by atoms with E-state index in [1.54, 1.807) is 0 Å². The number of hydrogen-bond donors (Lipinski definition) is 1. The minimum Gasteiger partial charge on any atom is -0.374 e. The Balaban J connectivity index is 1.39. The summed E-state index contributed by atoms with van der Waals surface area (Å²) in [6.07, 6.45) is 3.14. The van der Waals surface area contributed by atoms with E-state index in [-0.39, 0.29) is 0 Å². The Hall–Kier alpha value is -0.260. The molecule has 2 heterocycles. The van der Waals surface area contributed by atoms with E-state index in [1.807, 2.05) is 11.8 Å². The van der Waals surface area contributed by atoms with Crippen LogP contribution in [0.5, 0.6) is 0 Å². The number of amidine groups is 1. The normalized spacial score (nSPS) is 34.8. The second-order valence-corrected chi connectivity index (χ2v) is 6.50. The van der Waals surface area contributed by atoms with E-state index < -0.39 is 0 Å². The SMILES string of the molecule is CN1CCOC(CNC2=NCC(C3CC3)S2)C1.